The van der Waals surface area contributed by atoms with Gasteiger partial charge in [-0.3, -0.25) is 0 Å². The van der Waals surface area contributed by atoms with Crippen LogP contribution in [0.2, 0.25) is 0 Å². The SMILES string of the molecule is c1ccc(-c2nc(CN[C@H]3CCc4ncnn4C3)cs2)cc1. The van der Waals surface area contributed by atoms with Gasteiger partial charge in [-0.25, -0.2) is 14.6 Å². The molecular formula is C16H17N5S. The molecule has 0 bridgehead atoms. The topological polar surface area (TPSA) is 55.6 Å². The molecule has 0 unspecified atom stereocenters. The number of nitrogens with zero attached hydrogens (tertiary/aromatic N) is 4. The summed E-state index contributed by atoms with van der Waals surface area (Å²) in [6, 6.07) is 10.8. The van der Waals surface area contributed by atoms with E-state index in [4.69, 9.17) is 4.98 Å². The number of thiazole rings is 1. The van der Waals surface area contributed by atoms with Gasteiger partial charge in [0.25, 0.3) is 0 Å². The number of benzene rings is 1. The molecule has 0 saturated heterocycles. The van der Waals surface area contributed by atoms with E-state index in [9.17, 15) is 0 Å². The molecule has 22 heavy (non-hydrogen) atoms. The Labute approximate surface area is 133 Å². The molecule has 4 rings (SSSR count). The number of aryl methyl sites for hydroxylation is 1. The maximum absolute atomic E-state index is 4.72. The smallest absolute Gasteiger partial charge is 0.138 e. The van der Waals surface area contributed by atoms with Crippen LogP contribution < -0.4 is 5.32 Å². The van der Waals surface area contributed by atoms with Crippen LogP contribution in [0.1, 0.15) is 17.9 Å². The van der Waals surface area contributed by atoms with E-state index in [1.54, 1.807) is 17.7 Å². The Morgan fingerprint density at radius 2 is 2.18 bits per heavy atom. The minimum Gasteiger partial charge on any atom is -0.306 e. The summed E-state index contributed by atoms with van der Waals surface area (Å²) in [6.07, 6.45) is 3.74. The van der Waals surface area contributed by atoms with Crippen molar-refractivity contribution < 1.29 is 0 Å². The van der Waals surface area contributed by atoms with Crippen LogP contribution in [-0.2, 0) is 19.5 Å². The van der Waals surface area contributed by atoms with Crippen LogP contribution in [0.15, 0.2) is 42.0 Å². The van der Waals surface area contributed by atoms with E-state index >= 15 is 0 Å². The van der Waals surface area contributed by atoms with Crippen molar-refractivity contribution in [3.63, 3.8) is 0 Å². The van der Waals surface area contributed by atoms with Crippen molar-refractivity contribution in [3.05, 3.63) is 53.6 Å². The number of aromatic nitrogens is 4. The van der Waals surface area contributed by atoms with E-state index < -0.39 is 0 Å². The lowest BCUT2D eigenvalue weighted by molar-refractivity contribution is 0.357. The highest BCUT2D eigenvalue weighted by Gasteiger charge is 2.19. The molecule has 5 nitrogen and oxygen atoms in total. The summed E-state index contributed by atoms with van der Waals surface area (Å²) in [5.41, 5.74) is 2.29. The summed E-state index contributed by atoms with van der Waals surface area (Å²) in [5.74, 6) is 1.10. The molecule has 1 N–H and O–H groups in total. The Kier molecular flexibility index (Phi) is 3.70. The third-order valence-electron chi connectivity index (χ3n) is 3.95. The lowest BCUT2D eigenvalue weighted by Crippen LogP contribution is -2.37. The van der Waals surface area contributed by atoms with Crippen molar-refractivity contribution in [3.8, 4) is 10.6 Å². The van der Waals surface area contributed by atoms with E-state index in [1.165, 1.54) is 5.56 Å². The molecule has 0 fully saturated rings. The molecule has 112 valence electrons. The highest BCUT2D eigenvalue weighted by Crippen LogP contribution is 2.23. The van der Waals surface area contributed by atoms with E-state index in [2.05, 4.69) is 32.9 Å². The zero-order valence-corrected chi connectivity index (χ0v) is 13.0. The fourth-order valence-electron chi connectivity index (χ4n) is 2.75. The van der Waals surface area contributed by atoms with Crippen molar-refractivity contribution >= 4 is 11.3 Å². The van der Waals surface area contributed by atoms with Crippen molar-refractivity contribution in [2.24, 2.45) is 0 Å². The molecule has 2 aromatic heterocycles. The second kappa shape index (κ2) is 5.98. The quantitative estimate of drug-likeness (QED) is 0.804. The number of rotatable bonds is 4. The van der Waals surface area contributed by atoms with Gasteiger partial charge in [-0.05, 0) is 6.42 Å². The second-order valence-corrected chi connectivity index (χ2v) is 6.34. The highest BCUT2D eigenvalue weighted by molar-refractivity contribution is 7.13. The fraction of sp³-hybridized carbons (Fsp3) is 0.312. The van der Waals surface area contributed by atoms with Gasteiger partial charge in [-0.1, -0.05) is 30.3 Å². The van der Waals surface area contributed by atoms with Gasteiger partial charge in [-0.15, -0.1) is 11.3 Å². The monoisotopic (exact) mass is 311 g/mol. The zero-order valence-electron chi connectivity index (χ0n) is 12.1. The van der Waals surface area contributed by atoms with Gasteiger partial charge in [0.2, 0.25) is 0 Å². The Morgan fingerprint density at radius 3 is 3.09 bits per heavy atom. The Balaban J connectivity index is 1.38. The molecule has 0 aliphatic carbocycles. The molecule has 0 spiro atoms. The van der Waals surface area contributed by atoms with Crippen LogP contribution in [0, 0.1) is 0 Å². The molecule has 6 heteroatoms. The lowest BCUT2D eigenvalue weighted by atomic mass is 10.1. The Bertz CT molecular complexity index is 749. The van der Waals surface area contributed by atoms with E-state index in [-0.39, 0.29) is 0 Å². The third-order valence-corrected chi connectivity index (χ3v) is 4.89. The molecule has 1 aromatic carbocycles. The zero-order chi connectivity index (χ0) is 14.8. The largest absolute Gasteiger partial charge is 0.306 e. The predicted molar refractivity (Wildman–Crippen MR) is 86.5 cm³/mol. The van der Waals surface area contributed by atoms with E-state index in [0.717, 1.165) is 42.5 Å². The Morgan fingerprint density at radius 1 is 1.27 bits per heavy atom. The van der Waals surface area contributed by atoms with Gasteiger partial charge in [0.05, 0.1) is 12.2 Å². The lowest BCUT2D eigenvalue weighted by Gasteiger charge is -2.23. The van der Waals surface area contributed by atoms with Crippen molar-refractivity contribution in [2.45, 2.75) is 32.0 Å². The summed E-state index contributed by atoms with van der Waals surface area (Å²) in [5, 5.41) is 11.1. The summed E-state index contributed by atoms with van der Waals surface area (Å²) >= 11 is 1.70. The molecular weight excluding hydrogens is 294 g/mol. The van der Waals surface area contributed by atoms with Gasteiger partial charge < -0.3 is 5.32 Å². The van der Waals surface area contributed by atoms with Gasteiger partial charge >= 0.3 is 0 Å². The molecule has 3 aromatic rings. The van der Waals surface area contributed by atoms with Gasteiger partial charge in [0.15, 0.2) is 0 Å². The number of hydrogen-bond donors (Lipinski definition) is 1. The minimum absolute atomic E-state index is 0.441. The van der Waals surface area contributed by atoms with Crippen molar-refractivity contribution in [1.82, 2.24) is 25.1 Å². The van der Waals surface area contributed by atoms with Crippen molar-refractivity contribution in [2.75, 3.05) is 0 Å². The van der Waals surface area contributed by atoms with Crippen molar-refractivity contribution in [1.29, 1.82) is 0 Å². The molecule has 0 saturated carbocycles. The van der Waals surface area contributed by atoms with E-state index in [1.807, 2.05) is 22.9 Å². The fourth-order valence-corrected chi connectivity index (χ4v) is 3.58. The van der Waals surface area contributed by atoms with Crippen LogP contribution >= 0.6 is 11.3 Å². The Hall–Kier alpha value is -2.05. The van der Waals surface area contributed by atoms with Gasteiger partial charge in [0, 0.05) is 30.0 Å². The first-order chi connectivity index (χ1) is 10.9. The summed E-state index contributed by atoms with van der Waals surface area (Å²) in [6.45, 7) is 1.70. The van der Waals surface area contributed by atoms with Crippen LogP contribution in [0.25, 0.3) is 10.6 Å². The summed E-state index contributed by atoms with van der Waals surface area (Å²) < 4.78 is 2.00. The van der Waals surface area contributed by atoms with Crippen LogP contribution in [0.5, 0.6) is 0 Å². The molecule has 1 aliphatic rings. The van der Waals surface area contributed by atoms with Crippen LogP contribution in [0.4, 0.5) is 0 Å². The first-order valence-corrected chi connectivity index (χ1v) is 8.36. The first kappa shape index (κ1) is 13.6. The number of fused-ring (bicyclic) bond motifs is 1. The average Bonchev–Trinajstić information content (AvgIpc) is 3.22. The van der Waals surface area contributed by atoms with Crippen LogP contribution in [0.3, 0.4) is 0 Å². The summed E-state index contributed by atoms with van der Waals surface area (Å²) in [7, 11) is 0. The second-order valence-electron chi connectivity index (χ2n) is 5.48. The average molecular weight is 311 g/mol. The molecule has 1 atom stereocenters. The molecule has 3 heterocycles. The third kappa shape index (κ3) is 2.80. The number of nitrogens with one attached hydrogen (secondary N) is 1. The molecule has 0 radical (unpaired) electrons. The first-order valence-electron chi connectivity index (χ1n) is 7.48. The number of hydrogen-bond acceptors (Lipinski definition) is 5. The minimum atomic E-state index is 0.441. The van der Waals surface area contributed by atoms with Gasteiger partial charge in [0.1, 0.15) is 17.2 Å². The summed E-state index contributed by atoms with van der Waals surface area (Å²) in [4.78, 5) is 8.98. The van der Waals surface area contributed by atoms with Gasteiger partial charge in [-0.2, -0.15) is 5.10 Å². The standard InChI is InChI=1S/C16H17N5S/c1-2-4-12(5-3-1)16-20-14(10-22-16)8-17-13-6-7-15-18-11-19-21(15)9-13/h1-5,10-11,13,17H,6-9H2/t13-/m0/s1. The highest BCUT2D eigenvalue weighted by atomic mass is 32.1. The molecule has 1 aliphatic heterocycles. The normalized spacial score (nSPS) is 17.4. The molecule has 0 amide bonds. The van der Waals surface area contributed by atoms with E-state index in [0.29, 0.717) is 6.04 Å². The van der Waals surface area contributed by atoms with Crippen LogP contribution in [-0.4, -0.2) is 25.8 Å². The maximum Gasteiger partial charge on any atom is 0.138 e. The maximum atomic E-state index is 4.72. The predicted octanol–water partition coefficient (Wildman–Crippen LogP) is 2.51.